The van der Waals surface area contributed by atoms with E-state index in [0.717, 1.165) is 111 Å². The fourth-order valence-electron chi connectivity index (χ4n) is 13.7. The number of rotatable bonds is 23. The highest BCUT2D eigenvalue weighted by atomic mass is 16.2. The van der Waals surface area contributed by atoms with Crippen LogP contribution in [0, 0.1) is 44.4 Å². The predicted octanol–water partition coefficient (Wildman–Crippen LogP) is 19.5. The van der Waals surface area contributed by atoms with E-state index in [1.165, 1.54) is 29.5 Å². The van der Waals surface area contributed by atoms with Crippen molar-refractivity contribution in [3.05, 3.63) is 304 Å². The highest BCUT2D eigenvalue weighted by Gasteiger charge is 2.38. The van der Waals surface area contributed by atoms with Crippen molar-refractivity contribution in [3.63, 3.8) is 0 Å². The summed E-state index contributed by atoms with van der Waals surface area (Å²) in [6, 6.07) is 79.5. The van der Waals surface area contributed by atoms with E-state index in [1.807, 2.05) is 140 Å². The van der Waals surface area contributed by atoms with Gasteiger partial charge in [-0.1, -0.05) is 229 Å². The van der Waals surface area contributed by atoms with Gasteiger partial charge in [0.2, 0.25) is 0 Å². The highest BCUT2D eigenvalue weighted by Crippen LogP contribution is 2.39. The second-order valence-electron chi connectivity index (χ2n) is 27.7. The summed E-state index contributed by atoms with van der Waals surface area (Å²) in [5, 5.41) is 0. The van der Waals surface area contributed by atoms with E-state index in [4.69, 9.17) is 15.0 Å². The summed E-state index contributed by atoms with van der Waals surface area (Å²) in [5.41, 5.74) is 15.5. The van der Waals surface area contributed by atoms with Gasteiger partial charge in [0.15, 0.2) is 0 Å². The first-order valence-corrected chi connectivity index (χ1v) is 35.6. The molecule has 3 heterocycles. The molecule has 0 radical (unpaired) electrons. The molecule has 0 N–H and O–H groups in total. The molecule has 1 fully saturated rings. The Balaban J connectivity index is 0.000000150. The van der Waals surface area contributed by atoms with Gasteiger partial charge in [0.05, 0.1) is 51.2 Å². The first-order chi connectivity index (χ1) is 48.0. The van der Waals surface area contributed by atoms with Gasteiger partial charge in [0, 0.05) is 56.0 Å². The topological polar surface area (TPSA) is 114 Å². The van der Waals surface area contributed by atoms with Crippen molar-refractivity contribution in [2.24, 2.45) is 23.7 Å². The molecule has 3 atom stereocenters. The van der Waals surface area contributed by atoms with E-state index in [-0.39, 0.29) is 53.6 Å². The summed E-state index contributed by atoms with van der Waals surface area (Å²) in [7, 11) is 0. The van der Waals surface area contributed by atoms with Crippen molar-refractivity contribution in [2.45, 2.75) is 133 Å². The second kappa shape index (κ2) is 32.4. The van der Waals surface area contributed by atoms with Crippen molar-refractivity contribution >= 4 is 50.8 Å². The van der Waals surface area contributed by atoms with Gasteiger partial charge < -0.3 is 28.4 Å². The lowest BCUT2D eigenvalue weighted by atomic mass is 9.99. The standard InChI is InChI=1S/C30H33N3O.C29H33N3O.C28H31N3O/c1-21(2)28(33(20-24-15-16-24)30(34)25-17-13-22(3)14-18-25)29-31-26-11-7-8-12-27(26)32(29)19-23-9-5-4-6-10-23;1-5-19-31(29(33)24-17-15-22(4)16-18-24)27(21(2)3)28-30-25-13-9-10-14-26(25)32(28)20-23-11-7-6-8-12-23;1-5-30(28(32)23-17-15-21(4)16-18-23)26(20(2)3)27-29-24-13-9-10-14-25(24)31(27)19-22-11-7-6-8-12-22/h4-14,17-18,21,24,28H,15-16,19-20H2,1-3H3;6-18,21,27H,5,19-20H2,1-4H3;6-18,20,26H,5,19H2,1-4H3/t28-;27-;26-/m111/s1. The lowest BCUT2D eigenvalue weighted by Gasteiger charge is -2.35. The number of hydrogen-bond donors (Lipinski definition) is 0. The van der Waals surface area contributed by atoms with E-state index >= 15 is 0 Å². The van der Waals surface area contributed by atoms with Gasteiger partial charge in [-0.15, -0.1) is 0 Å². The van der Waals surface area contributed by atoms with E-state index in [0.29, 0.717) is 24.6 Å². The Morgan fingerprint density at radius 2 is 0.657 bits per heavy atom. The Hall–Kier alpha value is -10.2. The molecule has 1 saturated carbocycles. The molecule has 1 aliphatic carbocycles. The van der Waals surface area contributed by atoms with Crippen molar-refractivity contribution in [1.29, 1.82) is 0 Å². The molecule has 12 aromatic rings. The normalized spacial score (nSPS) is 13.0. The molecule has 0 spiro atoms. The van der Waals surface area contributed by atoms with Gasteiger partial charge in [-0.05, 0) is 160 Å². The van der Waals surface area contributed by atoms with Crippen LogP contribution in [-0.4, -0.2) is 80.7 Å². The third-order valence-corrected chi connectivity index (χ3v) is 18.9. The number of aromatic nitrogens is 6. The van der Waals surface area contributed by atoms with Crippen LogP contribution in [0.15, 0.2) is 237 Å². The second-order valence-corrected chi connectivity index (χ2v) is 27.7. The molecule has 3 amide bonds. The quantitative estimate of drug-likeness (QED) is 0.0630. The van der Waals surface area contributed by atoms with Crippen molar-refractivity contribution in [1.82, 2.24) is 43.4 Å². The summed E-state index contributed by atoms with van der Waals surface area (Å²) >= 11 is 0. The van der Waals surface area contributed by atoms with Gasteiger partial charge in [-0.3, -0.25) is 14.4 Å². The molecule has 13 rings (SSSR count). The summed E-state index contributed by atoms with van der Waals surface area (Å²) < 4.78 is 6.89. The first-order valence-electron chi connectivity index (χ1n) is 35.6. The van der Waals surface area contributed by atoms with Crippen molar-refractivity contribution < 1.29 is 14.4 Å². The van der Waals surface area contributed by atoms with E-state index in [9.17, 15) is 14.4 Å². The number of nitrogens with zero attached hydrogens (tertiary/aromatic N) is 9. The number of fused-ring (bicyclic) bond motifs is 3. The minimum atomic E-state index is -0.134. The Morgan fingerprint density at radius 1 is 0.374 bits per heavy atom. The average molecular weight is 1320 g/mol. The van der Waals surface area contributed by atoms with Crippen LogP contribution in [0.2, 0.25) is 0 Å². The molecule has 3 aromatic heterocycles. The van der Waals surface area contributed by atoms with Crippen LogP contribution in [0.4, 0.5) is 0 Å². The maximum atomic E-state index is 13.9. The van der Waals surface area contributed by atoms with Crippen LogP contribution < -0.4 is 0 Å². The third kappa shape index (κ3) is 16.7. The highest BCUT2D eigenvalue weighted by molar-refractivity contribution is 5.96. The Labute approximate surface area is 586 Å². The smallest absolute Gasteiger partial charge is 0.254 e. The third-order valence-electron chi connectivity index (χ3n) is 18.9. The summed E-state index contributed by atoms with van der Waals surface area (Å²) in [6.07, 6.45) is 3.28. The molecule has 0 saturated heterocycles. The minimum absolute atomic E-state index is 0.0458. The monoisotopic (exact) mass is 1320 g/mol. The maximum Gasteiger partial charge on any atom is 0.254 e. The predicted molar refractivity (Wildman–Crippen MR) is 404 cm³/mol. The van der Waals surface area contributed by atoms with Crippen LogP contribution in [0.5, 0.6) is 0 Å². The number of para-hydroxylation sites is 6. The number of imidazole rings is 3. The van der Waals surface area contributed by atoms with Crippen LogP contribution in [0.1, 0.15) is 175 Å². The zero-order valence-corrected chi connectivity index (χ0v) is 59.7. The number of amides is 3. The van der Waals surface area contributed by atoms with Gasteiger partial charge in [0.25, 0.3) is 17.7 Å². The first kappa shape index (κ1) is 70.1. The van der Waals surface area contributed by atoms with Crippen molar-refractivity contribution in [2.75, 3.05) is 19.6 Å². The molecule has 1 aliphatic rings. The largest absolute Gasteiger partial charge is 0.328 e. The molecule has 0 unspecified atom stereocenters. The van der Waals surface area contributed by atoms with Crippen LogP contribution in [0.25, 0.3) is 33.1 Å². The van der Waals surface area contributed by atoms with Crippen LogP contribution in [-0.2, 0) is 19.6 Å². The molecule has 9 aromatic carbocycles. The summed E-state index contributed by atoms with van der Waals surface area (Å²) in [4.78, 5) is 62.6. The average Bonchev–Trinajstić information content (AvgIpc) is 1.65. The summed E-state index contributed by atoms with van der Waals surface area (Å²) in [5.74, 6) is 4.29. The molecule has 508 valence electrons. The number of benzene rings is 9. The lowest BCUT2D eigenvalue weighted by molar-refractivity contribution is 0.0591. The fraction of sp³-hybridized carbons (Fsp3) is 0.310. The molecular formula is C87H97N9O3. The fourth-order valence-corrected chi connectivity index (χ4v) is 13.7. The Morgan fingerprint density at radius 3 is 0.960 bits per heavy atom. The van der Waals surface area contributed by atoms with Crippen LogP contribution in [0.3, 0.4) is 0 Å². The zero-order valence-electron chi connectivity index (χ0n) is 59.7. The van der Waals surface area contributed by atoms with Gasteiger partial charge in [-0.2, -0.15) is 0 Å². The molecule has 12 nitrogen and oxygen atoms in total. The van der Waals surface area contributed by atoms with Crippen LogP contribution >= 0.6 is 0 Å². The van der Waals surface area contributed by atoms with Crippen molar-refractivity contribution in [3.8, 4) is 0 Å². The molecule has 12 heteroatoms. The minimum Gasteiger partial charge on any atom is -0.328 e. The number of hydrogen-bond acceptors (Lipinski definition) is 6. The molecular weight excluding hydrogens is 1220 g/mol. The number of aryl methyl sites for hydroxylation is 3. The summed E-state index contributed by atoms with van der Waals surface area (Å²) in [6.45, 7) is 27.7. The van der Waals surface area contributed by atoms with E-state index in [2.05, 4.69) is 201 Å². The Kier molecular flexibility index (Phi) is 23.0. The van der Waals surface area contributed by atoms with Gasteiger partial charge >= 0.3 is 0 Å². The molecule has 0 aliphatic heterocycles. The zero-order chi connectivity index (χ0) is 69.7. The molecule has 0 bridgehead atoms. The van der Waals surface area contributed by atoms with E-state index in [1.54, 1.807) is 0 Å². The SMILES string of the molecule is CCCN(C(=O)c1ccc(C)cc1)[C@@H](c1nc2ccccc2n1Cc1ccccc1)C(C)C.CCN(C(=O)c1ccc(C)cc1)[C@@H](c1nc2ccccc2n1Cc1ccccc1)C(C)C.Cc1ccc(C(=O)N(CC2CC2)[C@@H](c2nc3ccccc3n2Cc2ccccc2)C(C)C)cc1. The lowest BCUT2D eigenvalue weighted by Crippen LogP contribution is -2.40. The maximum absolute atomic E-state index is 13.9. The number of carbonyl (C=O) groups is 3. The van der Waals surface area contributed by atoms with E-state index < -0.39 is 0 Å². The Bertz CT molecular complexity index is 4610. The van der Waals surface area contributed by atoms with Gasteiger partial charge in [0.1, 0.15) is 17.5 Å². The number of carbonyl (C=O) groups excluding carboxylic acids is 3. The van der Waals surface area contributed by atoms with Gasteiger partial charge in [-0.25, -0.2) is 15.0 Å². The molecule has 99 heavy (non-hydrogen) atoms.